The Morgan fingerprint density at radius 3 is 2.88 bits per heavy atom. The van der Waals surface area contributed by atoms with Gasteiger partial charge in [-0.2, -0.15) is 0 Å². The van der Waals surface area contributed by atoms with Gasteiger partial charge in [-0.1, -0.05) is 12.1 Å². The van der Waals surface area contributed by atoms with E-state index in [2.05, 4.69) is 9.97 Å². The average molecular weight is 217 g/mol. The highest BCUT2D eigenvalue weighted by Crippen LogP contribution is 2.12. The van der Waals surface area contributed by atoms with Crippen LogP contribution in [0, 0.1) is 0 Å². The van der Waals surface area contributed by atoms with Crippen molar-refractivity contribution in [2.75, 3.05) is 0 Å². The van der Waals surface area contributed by atoms with Gasteiger partial charge in [0.15, 0.2) is 0 Å². The molecule has 0 fully saturated rings. The molecule has 0 radical (unpaired) electrons. The first-order valence-electron chi connectivity index (χ1n) is 5.47. The summed E-state index contributed by atoms with van der Waals surface area (Å²) >= 11 is 0. The molecule has 1 aromatic heterocycles. The normalized spacial score (nSPS) is 10.8. The molecule has 0 saturated carbocycles. The number of para-hydroxylation sites is 2. The number of nitrogens with zero attached hydrogens (tertiary/aromatic N) is 1. The lowest BCUT2D eigenvalue weighted by molar-refractivity contribution is -0.118. The number of aromatic amines is 1. The molecule has 0 aliphatic heterocycles. The third-order valence-corrected chi connectivity index (χ3v) is 2.53. The Morgan fingerprint density at radius 1 is 1.31 bits per heavy atom. The van der Waals surface area contributed by atoms with Gasteiger partial charge in [-0.05, 0) is 25.0 Å². The molecular weight excluding hydrogens is 202 g/mol. The van der Waals surface area contributed by atoms with Crippen molar-refractivity contribution in [2.45, 2.75) is 25.7 Å². The van der Waals surface area contributed by atoms with Gasteiger partial charge in [0.05, 0.1) is 11.0 Å². The van der Waals surface area contributed by atoms with Crippen LogP contribution in [0.15, 0.2) is 24.3 Å². The van der Waals surface area contributed by atoms with Gasteiger partial charge in [-0.15, -0.1) is 0 Å². The quantitative estimate of drug-likeness (QED) is 0.749. The Bertz CT molecular complexity index is 457. The zero-order valence-electron chi connectivity index (χ0n) is 9.07. The highest BCUT2D eigenvalue weighted by molar-refractivity contribution is 5.74. The molecule has 4 nitrogen and oxygen atoms in total. The van der Waals surface area contributed by atoms with Crippen LogP contribution >= 0.6 is 0 Å². The average Bonchev–Trinajstić information content (AvgIpc) is 2.66. The lowest BCUT2D eigenvalue weighted by Crippen LogP contribution is -2.09. The summed E-state index contributed by atoms with van der Waals surface area (Å²) in [5.41, 5.74) is 7.13. The number of amides is 1. The second-order valence-corrected chi connectivity index (χ2v) is 3.87. The number of imidazole rings is 1. The Morgan fingerprint density at radius 2 is 2.12 bits per heavy atom. The summed E-state index contributed by atoms with van der Waals surface area (Å²) in [6.07, 6.45) is 3.08. The van der Waals surface area contributed by atoms with Gasteiger partial charge in [0.2, 0.25) is 5.91 Å². The van der Waals surface area contributed by atoms with E-state index in [0.717, 1.165) is 36.1 Å². The van der Waals surface area contributed by atoms with E-state index < -0.39 is 0 Å². The third-order valence-electron chi connectivity index (χ3n) is 2.53. The zero-order chi connectivity index (χ0) is 11.4. The summed E-state index contributed by atoms with van der Waals surface area (Å²) in [7, 11) is 0. The van der Waals surface area contributed by atoms with Crippen molar-refractivity contribution in [3.8, 4) is 0 Å². The molecule has 0 aliphatic carbocycles. The Hall–Kier alpha value is -1.84. The summed E-state index contributed by atoms with van der Waals surface area (Å²) in [6.45, 7) is 0. The molecule has 0 atom stereocenters. The van der Waals surface area contributed by atoms with Gasteiger partial charge in [0.25, 0.3) is 0 Å². The molecule has 1 heterocycles. The molecule has 16 heavy (non-hydrogen) atoms. The van der Waals surface area contributed by atoms with Gasteiger partial charge in [0.1, 0.15) is 5.82 Å². The van der Waals surface area contributed by atoms with Crippen molar-refractivity contribution in [3.05, 3.63) is 30.1 Å². The lowest BCUT2D eigenvalue weighted by Gasteiger charge is -1.95. The number of nitrogens with one attached hydrogen (secondary N) is 1. The second kappa shape index (κ2) is 4.79. The van der Waals surface area contributed by atoms with E-state index >= 15 is 0 Å². The number of H-pyrrole nitrogens is 1. The maximum Gasteiger partial charge on any atom is 0.217 e. The van der Waals surface area contributed by atoms with Crippen LogP contribution in [-0.2, 0) is 11.2 Å². The number of fused-ring (bicyclic) bond motifs is 1. The molecule has 2 aromatic rings. The second-order valence-electron chi connectivity index (χ2n) is 3.87. The zero-order valence-corrected chi connectivity index (χ0v) is 9.07. The van der Waals surface area contributed by atoms with Crippen molar-refractivity contribution in [1.29, 1.82) is 0 Å². The smallest absolute Gasteiger partial charge is 0.217 e. The van der Waals surface area contributed by atoms with E-state index in [1.807, 2.05) is 24.3 Å². The molecule has 1 amide bonds. The number of rotatable bonds is 5. The van der Waals surface area contributed by atoms with Crippen LogP contribution in [0.1, 0.15) is 25.1 Å². The number of carbonyl (C=O) groups is 1. The number of aryl methyl sites for hydroxylation is 1. The molecule has 0 bridgehead atoms. The summed E-state index contributed by atoms with van der Waals surface area (Å²) in [5.74, 6) is 0.746. The van der Waals surface area contributed by atoms with Crippen molar-refractivity contribution in [3.63, 3.8) is 0 Å². The third kappa shape index (κ3) is 2.59. The van der Waals surface area contributed by atoms with Crippen LogP contribution < -0.4 is 5.73 Å². The predicted octanol–water partition coefficient (Wildman–Crippen LogP) is 1.76. The molecule has 0 spiro atoms. The molecule has 0 aliphatic rings. The first-order chi connectivity index (χ1) is 7.75. The minimum Gasteiger partial charge on any atom is -0.370 e. The number of hydrogen-bond donors (Lipinski definition) is 2. The molecule has 1 aromatic carbocycles. The highest BCUT2D eigenvalue weighted by Gasteiger charge is 2.02. The predicted molar refractivity (Wildman–Crippen MR) is 62.8 cm³/mol. The van der Waals surface area contributed by atoms with Gasteiger partial charge < -0.3 is 10.7 Å². The molecule has 2 rings (SSSR count). The molecule has 3 N–H and O–H groups in total. The number of benzene rings is 1. The van der Waals surface area contributed by atoms with Crippen LogP contribution in [0.4, 0.5) is 0 Å². The van der Waals surface area contributed by atoms with E-state index in [-0.39, 0.29) is 5.91 Å². The topological polar surface area (TPSA) is 71.8 Å². The first-order valence-corrected chi connectivity index (χ1v) is 5.47. The lowest BCUT2D eigenvalue weighted by atomic mass is 10.2. The fraction of sp³-hybridized carbons (Fsp3) is 0.333. The minimum absolute atomic E-state index is 0.232. The molecular formula is C12H15N3O. The fourth-order valence-corrected chi connectivity index (χ4v) is 1.72. The largest absolute Gasteiger partial charge is 0.370 e. The van der Waals surface area contributed by atoms with Gasteiger partial charge in [-0.3, -0.25) is 4.79 Å². The van der Waals surface area contributed by atoms with Crippen molar-refractivity contribution in [1.82, 2.24) is 9.97 Å². The Balaban J connectivity index is 1.92. The monoisotopic (exact) mass is 217 g/mol. The molecule has 84 valence electrons. The van der Waals surface area contributed by atoms with E-state index in [1.165, 1.54) is 0 Å². The minimum atomic E-state index is -0.232. The highest BCUT2D eigenvalue weighted by atomic mass is 16.1. The maximum absolute atomic E-state index is 10.6. The van der Waals surface area contributed by atoms with E-state index in [1.54, 1.807) is 0 Å². The van der Waals surface area contributed by atoms with Crippen LogP contribution in [-0.4, -0.2) is 15.9 Å². The van der Waals surface area contributed by atoms with Gasteiger partial charge in [-0.25, -0.2) is 4.98 Å². The van der Waals surface area contributed by atoms with E-state index in [9.17, 15) is 4.79 Å². The number of hydrogen-bond acceptors (Lipinski definition) is 2. The van der Waals surface area contributed by atoms with Crippen molar-refractivity contribution >= 4 is 16.9 Å². The Kier molecular flexibility index (Phi) is 3.19. The van der Waals surface area contributed by atoms with Crippen molar-refractivity contribution in [2.24, 2.45) is 5.73 Å². The van der Waals surface area contributed by atoms with E-state index in [0.29, 0.717) is 6.42 Å². The van der Waals surface area contributed by atoms with Gasteiger partial charge >= 0.3 is 0 Å². The van der Waals surface area contributed by atoms with Crippen molar-refractivity contribution < 1.29 is 4.79 Å². The first kappa shape index (κ1) is 10.7. The molecule has 0 saturated heterocycles. The standard InChI is InChI=1S/C12H15N3O/c13-11(16)7-3-4-8-12-14-9-5-1-2-6-10(9)15-12/h1-2,5-6H,3-4,7-8H2,(H2,13,16)(H,14,15). The SMILES string of the molecule is NC(=O)CCCCc1nc2ccccc2[nH]1. The van der Waals surface area contributed by atoms with E-state index in [4.69, 9.17) is 5.73 Å². The summed E-state index contributed by atoms with van der Waals surface area (Å²) in [4.78, 5) is 18.3. The number of unbranched alkanes of at least 4 members (excludes halogenated alkanes) is 1. The number of aromatic nitrogens is 2. The fourth-order valence-electron chi connectivity index (χ4n) is 1.72. The summed E-state index contributed by atoms with van der Waals surface area (Å²) in [6, 6.07) is 7.95. The van der Waals surface area contributed by atoms with Gasteiger partial charge in [0, 0.05) is 12.8 Å². The van der Waals surface area contributed by atoms with Crippen LogP contribution in [0.2, 0.25) is 0 Å². The van der Waals surface area contributed by atoms with Crippen LogP contribution in [0.25, 0.3) is 11.0 Å². The number of carbonyl (C=O) groups excluding carboxylic acids is 1. The molecule has 0 unspecified atom stereocenters. The maximum atomic E-state index is 10.6. The Labute approximate surface area is 93.9 Å². The summed E-state index contributed by atoms with van der Waals surface area (Å²) in [5, 5.41) is 0. The number of nitrogens with two attached hydrogens (primary N) is 1. The van der Waals surface area contributed by atoms with Crippen LogP contribution in [0.5, 0.6) is 0 Å². The van der Waals surface area contributed by atoms with Crippen LogP contribution in [0.3, 0.4) is 0 Å². The molecule has 4 heteroatoms. The summed E-state index contributed by atoms with van der Waals surface area (Å²) < 4.78 is 0. The number of primary amides is 1.